The van der Waals surface area contributed by atoms with Gasteiger partial charge >= 0.3 is 0 Å². The number of unbranched alkanes of at least 4 members (excludes halogenated alkanes) is 10. The van der Waals surface area contributed by atoms with E-state index >= 15 is 0 Å². The van der Waals surface area contributed by atoms with Crippen molar-refractivity contribution in [2.75, 3.05) is 4.90 Å². The number of thiophene rings is 2. The molecule has 0 spiro atoms. The van der Waals surface area contributed by atoms with E-state index < -0.39 is 0 Å². The van der Waals surface area contributed by atoms with Gasteiger partial charge in [0.05, 0.1) is 0 Å². The minimum Gasteiger partial charge on any atom is -0.311 e. The number of benzene rings is 4. The Bertz CT molecular complexity index is 2590. The average molecular weight is 931 g/mol. The van der Waals surface area contributed by atoms with Gasteiger partial charge in [-0.15, -0.1) is 22.7 Å². The smallest absolute Gasteiger partial charge is 0.0462 e. The first-order chi connectivity index (χ1) is 32.0. The number of rotatable bonds is 20. The summed E-state index contributed by atoms with van der Waals surface area (Å²) in [4.78, 5) is 8.42. The third kappa shape index (κ3) is 9.95. The van der Waals surface area contributed by atoms with Gasteiger partial charge in [0.25, 0.3) is 0 Å². The minimum absolute atomic E-state index is 0.0147. The molecule has 0 N–H and O–H groups in total. The number of fused-ring (bicyclic) bond motifs is 6. The van der Waals surface area contributed by atoms with Crippen molar-refractivity contribution >= 4 is 39.7 Å². The highest BCUT2D eigenvalue weighted by atomic mass is 32.1. The third-order valence-corrected chi connectivity index (χ3v) is 18.8. The Labute approximate surface area is 415 Å². The molecule has 2 aromatic heterocycles. The van der Waals surface area contributed by atoms with Crippen LogP contribution < -0.4 is 4.90 Å². The van der Waals surface area contributed by atoms with E-state index in [9.17, 15) is 0 Å². The molecule has 0 bridgehead atoms. The summed E-state index contributed by atoms with van der Waals surface area (Å²) >= 11 is 4.13. The third-order valence-electron chi connectivity index (χ3n) is 16.0. The standard InChI is InChI=1S/C64H83NS2/c1-13-16-18-20-22-24-38-63(11)53-41-52-54(64(12,39-25-23-21-19-17-14-2)56-43-58(62(8,9)10)67-60(52)56)40-51(53)59-55(63)42-57(66-59)46-28-34-49(35-29-46)65(48-32-26-45(27-33-48)44(4)15-3)50-36-30-47(31-37-50)61(5,6)7/h26-37,40-44H,13-25,38-39H2,1-12H3. The molecule has 356 valence electrons. The summed E-state index contributed by atoms with van der Waals surface area (Å²) in [7, 11) is 0. The zero-order chi connectivity index (χ0) is 47.7. The lowest BCUT2D eigenvalue weighted by molar-refractivity contribution is 0.477. The summed E-state index contributed by atoms with van der Waals surface area (Å²) in [6.45, 7) is 28.6. The number of hydrogen-bond acceptors (Lipinski definition) is 3. The van der Waals surface area contributed by atoms with Gasteiger partial charge in [-0.1, -0.05) is 197 Å². The highest BCUT2D eigenvalue weighted by molar-refractivity contribution is 7.19. The Morgan fingerprint density at radius 2 is 0.940 bits per heavy atom. The van der Waals surface area contributed by atoms with Gasteiger partial charge in [-0.05, 0) is 147 Å². The average Bonchev–Trinajstić information content (AvgIpc) is 4.07. The van der Waals surface area contributed by atoms with Gasteiger partial charge in [-0.2, -0.15) is 0 Å². The van der Waals surface area contributed by atoms with Gasteiger partial charge in [-0.3, -0.25) is 0 Å². The van der Waals surface area contributed by atoms with Crippen molar-refractivity contribution in [3.8, 4) is 31.3 Å². The summed E-state index contributed by atoms with van der Waals surface area (Å²) < 4.78 is 0. The van der Waals surface area contributed by atoms with Crippen LogP contribution in [0.4, 0.5) is 17.1 Å². The lowest BCUT2D eigenvalue weighted by Gasteiger charge is -2.30. The summed E-state index contributed by atoms with van der Waals surface area (Å²) in [5.74, 6) is 0.547. The SMILES string of the molecule is CCCCCCCCC1(C)c2cc3c(cc2-c2sc(-c4ccc(N(c5ccc(C(C)CC)cc5)c5ccc(C(C)(C)C)cc5)cc4)cc21)C(C)(CCCCCCCC)c1cc(C(C)(C)C)sc1-3. The number of anilines is 3. The molecule has 3 unspecified atom stereocenters. The molecule has 0 fully saturated rings. The van der Waals surface area contributed by atoms with Crippen molar-refractivity contribution in [1.29, 1.82) is 0 Å². The van der Waals surface area contributed by atoms with E-state index in [0.717, 1.165) is 6.42 Å². The fourth-order valence-corrected chi connectivity index (χ4v) is 14.0. The van der Waals surface area contributed by atoms with E-state index in [-0.39, 0.29) is 21.7 Å². The maximum Gasteiger partial charge on any atom is 0.0462 e. The van der Waals surface area contributed by atoms with Crippen LogP contribution in [0.15, 0.2) is 97.1 Å². The van der Waals surface area contributed by atoms with Gasteiger partial charge in [0.2, 0.25) is 0 Å². The normalized spacial score (nSPS) is 17.9. The van der Waals surface area contributed by atoms with Crippen LogP contribution in [0, 0.1) is 0 Å². The van der Waals surface area contributed by atoms with Crippen LogP contribution in [0.2, 0.25) is 0 Å². The van der Waals surface area contributed by atoms with E-state index in [4.69, 9.17) is 0 Å². The first-order valence-corrected chi connectivity index (χ1v) is 28.2. The van der Waals surface area contributed by atoms with Gasteiger partial charge in [0.1, 0.15) is 0 Å². The predicted molar refractivity (Wildman–Crippen MR) is 298 cm³/mol. The molecular formula is C64H83NS2. The molecule has 3 atom stereocenters. The Morgan fingerprint density at radius 1 is 0.493 bits per heavy atom. The first-order valence-electron chi connectivity index (χ1n) is 26.6. The van der Waals surface area contributed by atoms with E-state index in [0.29, 0.717) is 5.92 Å². The van der Waals surface area contributed by atoms with Crippen molar-refractivity contribution in [2.24, 2.45) is 0 Å². The van der Waals surface area contributed by atoms with E-state index in [1.54, 1.807) is 27.1 Å². The molecule has 0 saturated heterocycles. The van der Waals surface area contributed by atoms with E-state index in [1.165, 1.54) is 149 Å². The molecule has 3 heteroatoms. The molecule has 0 amide bonds. The molecule has 2 aliphatic rings. The summed E-state index contributed by atoms with van der Waals surface area (Å²) in [6.07, 6.45) is 19.5. The van der Waals surface area contributed by atoms with Crippen molar-refractivity contribution in [2.45, 2.75) is 207 Å². The Morgan fingerprint density at radius 3 is 1.42 bits per heavy atom. The zero-order valence-electron chi connectivity index (χ0n) is 43.7. The minimum atomic E-state index is -0.0147. The molecule has 0 aliphatic heterocycles. The van der Waals surface area contributed by atoms with E-state index in [2.05, 4.69) is 196 Å². The Hall–Kier alpha value is -3.92. The molecule has 2 heterocycles. The van der Waals surface area contributed by atoms with Crippen LogP contribution in [0.5, 0.6) is 0 Å². The molecule has 8 rings (SSSR count). The fraction of sp³-hybridized carbons (Fsp3) is 0.500. The lowest BCUT2D eigenvalue weighted by Crippen LogP contribution is -2.22. The molecule has 67 heavy (non-hydrogen) atoms. The van der Waals surface area contributed by atoms with Crippen LogP contribution in [-0.4, -0.2) is 0 Å². The van der Waals surface area contributed by atoms with Gasteiger partial charge in [0, 0.05) is 47.4 Å². The van der Waals surface area contributed by atoms with Gasteiger partial charge < -0.3 is 4.90 Å². The molecule has 0 saturated carbocycles. The molecule has 4 aromatic carbocycles. The number of nitrogens with zero attached hydrogens (tertiary/aromatic N) is 1. The van der Waals surface area contributed by atoms with Crippen LogP contribution >= 0.6 is 22.7 Å². The largest absolute Gasteiger partial charge is 0.311 e. The van der Waals surface area contributed by atoms with Crippen molar-refractivity contribution in [3.05, 3.63) is 135 Å². The zero-order valence-corrected chi connectivity index (χ0v) is 45.3. The Balaban J connectivity index is 1.18. The van der Waals surface area contributed by atoms with Crippen LogP contribution in [0.25, 0.3) is 31.3 Å². The lowest BCUT2D eigenvalue weighted by atomic mass is 9.73. The van der Waals surface area contributed by atoms with Crippen LogP contribution in [0.3, 0.4) is 0 Å². The fourth-order valence-electron chi connectivity index (χ4n) is 11.3. The highest BCUT2D eigenvalue weighted by Crippen LogP contribution is 2.62. The second-order valence-corrected chi connectivity index (χ2v) is 25.3. The van der Waals surface area contributed by atoms with Gasteiger partial charge in [0.15, 0.2) is 0 Å². The van der Waals surface area contributed by atoms with Crippen molar-refractivity contribution in [3.63, 3.8) is 0 Å². The maximum absolute atomic E-state index is 2.72. The van der Waals surface area contributed by atoms with Crippen molar-refractivity contribution in [1.82, 2.24) is 0 Å². The molecular weight excluding hydrogens is 847 g/mol. The topological polar surface area (TPSA) is 3.24 Å². The van der Waals surface area contributed by atoms with Gasteiger partial charge in [-0.25, -0.2) is 0 Å². The van der Waals surface area contributed by atoms with Crippen molar-refractivity contribution < 1.29 is 0 Å². The molecule has 1 nitrogen and oxygen atoms in total. The highest BCUT2D eigenvalue weighted by Gasteiger charge is 2.47. The summed E-state index contributed by atoms with van der Waals surface area (Å²) in [5.41, 5.74) is 17.3. The molecule has 6 aromatic rings. The second-order valence-electron chi connectivity index (χ2n) is 23.2. The summed E-state index contributed by atoms with van der Waals surface area (Å²) in [5, 5.41) is 0. The predicted octanol–water partition coefficient (Wildman–Crippen LogP) is 21.1. The van der Waals surface area contributed by atoms with E-state index in [1.807, 2.05) is 11.3 Å². The number of hydrogen-bond donors (Lipinski definition) is 0. The monoisotopic (exact) mass is 930 g/mol. The second kappa shape index (κ2) is 20.2. The summed E-state index contributed by atoms with van der Waals surface area (Å²) in [6, 6.07) is 38.7. The quantitative estimate of drug-likeness (QED) is 0.0690. The molecule has 0 radical (unpaired) electrons. The Kier molecular flexibility index (Phi) is 14.9. The van der Waals surface area contributed by atoms with Crippen LogP contribution in [0.1, 0.15) is 224 Å². The van der Waals surface area contributed by atoms with Crippen LogP contribution in [-0.2, 0) is 21.7 Å². The maximum atomic E-state index is 2.72. The molecule has 2 aliphatic carbocycles. The first kappa shape index (κ1) is 49.5.